The van der Waals surface area contributed by atoms with E-state index in [1.807, 2.05) is 0 Å². The molecule has 1 aliphatic carbocycles. The molecule has 3 atom stereocenters. The van der Waals surface area contributed by atoms with Crippen LogP contribution in [-0.4, -0.2) is 12.7 Å². The van der Waals surface area contributed by atoms with E-state index in [2.05, 4.69) is 0 Å². The van der Waals surface area contributed by atoms with E-state index in [1.54, 1.807) is 0 Å². The maximum Gasteiger partial charge on any atom is 0.282 e. The van der Waals surface area contributed by atoms with E-state index in [4.69, 9.17) is 32.1 Å². The molecule has 0 amide bonds. The fourth-order valence-corrected chi connectivity index (χ4v) is 3.73. The van der Waals surface area contributed by atoms with Gasteiger partial charge in [0.25, 0.3) is 5.84 Å². The SMILES string of the molecule is S=[P@@]1(Cl)OC[C@H]2CCC[C@H]2O1. The standard InChI is InChI=1S/C6H10ClO2PS/c7-10(11)8-4-5-2-1-3-6(5)9-10/h5-6H,1-4H2/t5-,6-,10+/m1/s1. The van der Waals surface area contributed by atoms with Crippen LogP contribution in [0.4, 0.5) is 0 Å². The Morgan fingerprint density at radius 3 is 3.09 bits per heavy atom. The van der Waals surface area contributed by atoms with Gasteiger partial charge in [-0.05, 0) is 35.9 Å². The van der Waals surface area contributed by atoms with Crippen LogP contribution < -0.4 is 0 Å². The highest BCUT2D eigenvalue weighted by Gasteiger charge is 2.37. The molecule has 1 aliphatic heterocycles. The molecule has 1 heterocycles. The van der Waals surface area contributed by atoms with Gasteiger partial charge in [-0.3, -0.25) is 0 Å². The lowest BCUT2D eigenvalue weighted by atomic mass is 10.1. The van der Waals surface area contributed by atoms with Gasteiger partial charge in [0.15, 0.2) is 0 Å². The molecule has 11 heavy (non-hydrogen) atoms. The Balaban J connectivity index is 2.08. The molecule has 5 heteroatoms. The van der Waals surface area contributed by atoms with Crippen molar-refractivity contribution in [1.82, 2.24) is 0 Å². The number of hydrogen-bond acceptors (Lipinski definition) is 3. The lowest BCUT2D eigenvalue weighted by Crippen LogP contribution is -2.25. The highest BCUT2D eigenvalue weighted by atomic mass is 35.7. The summed E-state index contributed by atoms with van der Waals surface area (Å²) in [5.41, 5.74) is 0. The van der Waals surface area contributed by atoms with Crippen molar-refractivity contribution in [2.24, 2.45) is 5.92 Å². The Morgan fingerprint density at radius 1 is 1.45 bits per heavy atom. The normalized spacial score (nSPS) is 50.6. The number of fused-ring (bicyclic) bond motifs is 1. The lowest BCUT2D eigenvalue weighted by molar-refractivity contribution is 0.0726. The highest BCUT2D eigenvalue weighted by Crippen LogP contribution is 2.60. The molecule has 1 saturated carbocycles. The van der Waals surface area contributed by atoms with E-state index >= 15 is 0 Å². The third-order valence-electron chi connectivity index (χ3n) is 2.29. The van der Waals surface area contributed by atoms with Gasteiger partial charge in [-0.25, -0.2) is 0 Å². The fourth-order valence-electron chi connectivity index (χ4n) is 1.71. The zero-order valence-electron chi connectivity index (χ0n) is 6.03. The van der Waals surface area contributed by atoms with Crippen molar-refractivity contribution < 1.29 is 9.05 Å². The first-order chi connectivity index (χ1) is 5.17. The molecule has 0 N–H and O–H groups in total. The van der Waals surface area contributed by atoms with Crippen LogP contribution in [0.3, 0.4) is 0 Å². The predicted octanol–water partition coefficient (Wildman–Crippen LogP) is 2.67. The molecule has 0 aromatic heterocycles. The third-order valence-corrected chi connectivity index (χ3v) is 4.38. The van der Waals surface area contributed by atoms with Gasteiger partial charge in [-0.1, -0.05) is 6.42 Å². The minimum atomic E-state index is -2.35. The fraction of sp³-hybridized carbons (Fsp3) is 1.00. The monoisotopic (exact) mass is 212 g/mol. The van der Waals surface area contributed by atoms with Crippen molar-refractivity contribution in [2.45, 2.75) is 25.4 Å². The minimum absolute atomic E-state index is 0.298. The second kappa shape index (κ2) is 2.97. The summed E-state index contributed by atoms with van der Waals surface area (Å²) in [5, 5.41) is 0. The van der Waals surface area contributed by atoms with Crippen molar-refractivity contribution in [3.8, 4) is 0 Å². The summed E-state index contributed by atoms with van der Waals surface area (Å²) in [4.78, 5) is 0. The molecule has 2 rings (SSSR count). The molecule has 0 aromatic rings. The summed E-state index contributed by atoms with van der Waals surface area (Å²) in [5.74, 6) is -1.79. The van der Waals surface area contributed by atoms with E-state index in [1.165, 1.54) is 12.8 Å². The zero-order chi connectivity index (χ0) is 7.90. The molecule has 0 radical (unpaired) electrons. The Labute approximate surface area is 76.2 Å². The zero-order valence-corrected chi connectivity index (χ0v) is 8.50. The van der Waals surface area contributed by atoms with E-state index in [0.29, 0.717) is 18.6 Å². The van der Waals surface area contributed by atoms with Gasteiger partial charge in [0.2, 0.25) is 0 Å². The average Bonchev–Trinajstić information content (AvgIpc) is 2.31. The van der Waals surface area contributed by atoms with Crippen LogP contribution in [-0.2, 0) is 20.9 Å². The smallest absolute Gasteiger partial charge is 0.282 e. The van der Waals surface area contributed by atoms with Gasteiger partial charge in [-0.2, -0.15) is 0 Å². The van der Waals surface area contributed by atoms with Crippen LogP contribution in [0.15, 0.2) is 0 Å². The molecule has 2 fully saturated rings. The molecule has 0 unspecified atom stereocenters. The molecule has 2 nitrogen and oxygen atoms in total. The predicted molar refractivity (Wildman–Crippen MR) is 48.3 cm³/mol. The molecule has 1 saturated heterocycles. The first-order valence-electron chi connectivity index (χ1n) is 3.80. The van der Waals surface area contributed by atoms with E-state index in [-0.39, 0.29) is 0 Å². The van der Waals surface area contributed by atoms with Crippen molar-refractivity contribution in [3.63, 3.8) is 0 Å². The van der Waals surface area contributed by atoms with Crippen LogP contribution >= 0.6 is 17.1 Å². The third kappa shape index (κ3) is 1.78. The average molecular weight is 213 g/mol. The van der Waals surface area contributed by atoms with Gasteiger partial charge in [0.1, 0.15) is 0 Å². The molecule has 2 aliphatic rings. The Kier molecular flexibility index (Phi) is 2.28. The van der Waals surface area contributed by atoms with Crippen molar-refractivity contribution in [3.05, 3.63) is 0 Å². The van der Waals surface area contributed by atoms with Crippen molar-refractivity contribution >= 4 is 28.9 Å². The quantitative estimate of drug-likeness (QED) is 0.576. The van der Waals surface area contributed by atoms with Crippen molar-refractivity contribution in [1.29, 1.82) is 0 Å². The molecular weight excluding hydrogens is 203 g/mol. The van der Waals surface area contributed by atoms with Crippen LogP contribution in [0.2, 0.25) is 0 Å². The van der Waals surface area contributed by atoms with E-state index < -0.39 is 5.84 Å². The first-order valence-corrected chi connectivity index (χ1v) is 7.34. The highest BCUT2D eigenvalue weighted by molar-refractivity contribution is 8.22. The molecule has 64 valence electrons. The van der Waals surface area contributed by atoms with E-state index in [0.717, 1.165) is 6.42 Å². The summed E-state index contributed by atoms with van der Waals surface area (Å²) >= 11 is 10.8. The van der Waals surface area contributed by atoms with Gasteiger partial charge in [0, 0.05) is 5.92 Å². The number of hydrogen-bond donors (Lipinski definition) is 0. The minimum Gasteiger partial charge on any atom is -0.318 e. The Bertz CT molecular complexity index is 211. The maximum atomic E-state index is 5.82. The van der Waals surface area contributed by atoms with Gasteiger partial charge >= 0.3 is 0 Å². The van der Waals surface area contributed by atoms with Gasteiger partial charge < -0.3 is 9.05 Å². The summed E-state index contributed by atoms with van der Waals surface area (Å²) in [7, 11) is 0. The second-order valence-corrected chi connectivity index (χ2v) is 7.77. The summed E-state index contributed by atoms with van der Waals surface area (Å²) in [6.07, 6.45) is 3.84. The van der Waals surface area contributed by atoms with Crippen LogP contribution in [0.1, 0.15) is 19.3 Å². The molecule has 0 bridgehead atoms. The molecule has 0 aromatic carbocycles. The maximum absolute atomic E-state index is 5.82. The van der Waals surface area contributed by atoms with Gasteiger partial charge in [-0.15, -0.1) is 0 Å². The number of rotatable bonds is 0. The van der Waals surface area contributed by atoms with E-state index in [9.17, 15) is 0 Å². The summed E-state index contributed by atoms with van der Waals surface area (Å²) in [6, 6.07) is 0. The topological polar surface area (TPSA) is 18.5 Å². The summed E-state index contributed by atoms with van der Waals surface area (Å²) < 4.78 is 10.7. The second-order valence-electron chi connectivity index (χ2n) is 3.06. The first kappa shape index (κ1) is 8.46. The largest absolute Gasteiger partial charge is 0.318 e. The van der Waals surface area contributed by atoms with Crippen LogP contribution in [0, 0.1) is 5.92 Å². The van der Waals surface area contributed by atoms with Crippen LogP contribution in [0.5, 0.6) is 0 Å². The van der Waals surface area contributed by atoms with Gasteiger partial charge in [0.05, 0.1) is 12.7 Å². The molecular formula is C6H10ClO2PS. The Hall–Kier alpha value is 0.860. The summed E-state index contributed by atoms with van der Waals surface area (Å²) in [6.45, 7) is 0.714. The lowest BCUT2D eigenvalue weighted by Gasteiger charge is -2.30. The molecule has 0 spiro atoms. The van der Waals surface area contributed by atoms with Crippen molar-refractivity contribution in [2.75, 3.05) is 6.61 Å². The van der Waals surface area contributed by atoms with Crippen LogP contribution in [0.25, 0.3) is 0 Å². The number of halogens is 1. The Morgan fingerprint density at radius 2 is 2.27 bits per heavy atom.